The van der Waals surface area contributed by atoms with Gasteiger partial charge in [0, 0.05) is 28.9 Å². The summed E-state index contributed by atoms with van der Waals surface area (Å²) in [5, 5.41) is 4.08. The lowest BCUT2D eigenvalue weighted by atomic mass is 10.1. The summed E-state index contributed by atoms with van der Waals surface area (Å²) in [6.07, 6.45) is 0. The Balaban J connectivity index is 2.10. The number of hydrogen-bond acceptors (Lipinski definition) is 4. The molecule has 2 aromatic rings. The minimum absolute atomic E-state index is 0.116. The average molecular weight is 497 g/mol. The van der Waals surface area contributed by atoms with Crippen molar-refractivity contribution in [3.8, 4) is 5.75 Å². The first-order valence-electron chi connectivity index (χ1n) is 10.4. The third-order valence-corrected chi connectivity index (χ3v) is 6.39. The van der Waals surface area contributed by atoms with E-state index in [9.17, 15) is 9.59 Å². The van der Waals surface area contributed by atoms with Crippen molar-refractivity contribution in [2.75, 3.05) is 19.4 Å². The first-order chi connectivity index (χ1) is 15.2. The van der Waals surface area contributed by atoms with E-state index in [-0.39, 0.29) is 17.6 Å². The number of amides is 2. The molecule has 32 heavy (non-hydrogen) atoms. The predicted octanol–water partition coefficient (Wildman–Crippen LogP) is 5.42. The van der Waals surface area contributed by atoms with Gasteiger partial charge in [-0.25, -0.2) is 0 Å². The van der Waals surface area contributed by atoms with E-state index in [1.165, 1.54) is 11.8 Å². The van der Waals surface area contributed by atoms with E-state index in [2.05, 4.69) is 5.32 Å². The van der Waals surface area contributed by atoms with Gasteiger partial charge in [-0.15, -0.1) is 11.8 Å². The second kappa shape index (κ2) is 13.0. The smallest absolute Gasteiger partial charge is 0.242 e. The monoisotopic (exact) mass is 496 g/mol. The quantitative estimate of drug-likeness (QED) is 0.450. The minimum atomic E-state index is -0.604. The summed E-state index contributed by atoms with van der Waals surface area (Å²) in [7, 11) is 1.60. The summed E-state index contributed by atoms with van der Waals surface area (Å²) in [6, 6.07) is 12.2. The zero-order valence-electron chi connectivity index (χ0n) is 18.9. The number of benzene rings is 2. The highest BCUT2D eigenvalue weighted by molar-refractivity contribution is 7.99. The Bertz CT molecular complexity index is 924. The molecule has 0 bridgehead atoms. The molecule has 2 aromatic carbocycles. The Hall–Kier alpha value is -1.89. The van der Waals surface area contributed by atoms with Gasteiger partial charge >= 0.3 is 0 Å². The Labute approximate surface area is 204 Å². The molecule has 8 heteroatoms. The Morgan fingerprint density at radius 3 is 2.53 bits per heavy atom. The third kappa shape index (κ3) is 8.23. The van der Waals surface area contributed by atoms with Gasteiger partial charge in [-0.3, -0.25) is 9.59 Å². The Morgan fingerprint density at radius 2 is 1.88 bits per heavy atom. The number of carbonyl (C=O) groups excluding carboxylic acids is 2. The first-order valence-corrected chi connectivity index (χ1v) is 12.3. The zero-order chi connectivity index (χ0) is 23.7. The molecule has 0 radical (unpaired) electrons. The normalized spacial score (nSPS) is 11.8. The van der Waals surface area contributed by atoms with Crippen LogP contribution in [0.3, 0.4) is 0 Å². The number of rotatable bonds is 11. The van der Waals surface area contributed by atoms with E-state index in [0.29, 0.717) is 40.6 Å². The molecule has 0 saturated heterocycles. The minimum Gasteiger partial charge on any atom is -0.497 e. The van der Waals surface area contributed by atoms with Gasteiger partial charge in [0.05, 0.1) is 12.9 Å². The van der Waals surface area contributed by atoms with E-state index in [0.717, 1.165) is 11.1 Å². The highest BCUT2D eigenvalue weighted by Crippen LogP contribution is 2.25. The van der Waals surface area contributed by atoms with Crippen molar-refractivity contribution < 1.29 is 14.3 Å². The molecule has 0 aromatic heterocycles. The van der Waals surface area contributed by atoms with Crippen molar-refractivity contribution >= 4 is 46.8 Å². The summed E-state index contributed by atoms with van der Waals surface area (Å²) in [6.45, 7) is 6.70. The lowest BCUT2D eigenvalue weighted by Crippen LogP contribution is -2.48. The van der Waals surface area contributed by atoms with Crippen LogP contribution in [0.2, 0.25) is 10.0 Å². The number of nitrogens with one attached hydrogen (secondary N) is 1. The topological polar surface area (TPSA) is 58.6 Å². The van der Waals surface area contributed by atoms with Crippen LogP contribution in [0.15, 0.2) is 42.5 Å². The van der Waals surface area contributed by atoms with Crippen LogP contribution in [0.4, 0.5) is 0 Å². The number of nitrogens with zero attached hydrogens (tertiary/aromatic N) is 1. The molecule has 0 spiro atoms. The number of ether oxygens (including phenoxy) is 1. The van der Waals surface area contributed by atoms with Crippen molar-refractivity contribution in [1.82, 2.24) is 10.2 Å². The predicted molar refractivity (Wildman–Crippen MR) is 133 cm³/mol. The van der Waals surface area contributed by atoms with E-state index in [1.54, 1.807) is 31.1 Å². The van der Waals surface area contributed by atoms with Crippen molar-refractivity contribution in [1.29, 1.82) is 0 Å². The SMILES string of the molecule is COc1cccc(CN(C(=O)CSCc2ccc(Cl)cc2Cl)[C@H](C)C(=O)NCC(C)C)c1. The molecule has 0 aliphatic heterocycles. The van der Waals surface area contributed by atoms with E-state index < -0.39 is 6.04 Å². The fourth-order valence-electron chi connectivity index (χ4n) is 2.97. The fraction of sp³-hybridized carbons (Fsp3) is 0.417. The number of carbonyl (C=O) groups is 2. The number of thioether (sulfide) groups is 1. The maximum absolute atomic E-state index is 13.2. The van der Waals surface area contributed by atoms with Crippen LogP contribution in [0.5, 0.6) is 5.75 Å². The molecular weight excluding hydrogens is 467 g/mol. The van der Waals surface area contributed by atoms with Crippen LogP contribution in [-0.2, 0) is 21.9 Å². The molecule has 0 aliphatic rings. The molecule has 2 amide bonds. The summed E-state index contributed by atoms with van der Waals surface area (Å²) in [4.78, 5) is 27.5. The van der Waals surface area contributed by atoms with Gasteiger partial charge in [0.25, 0.3) is 0 Å². The van der Waals surface area contributed by atoms with Crippen LogP contribution < -0.4 is 10.1 Å². The molecule has 0 saturated carbocycles. The van der Waals surface area contributed by atoms with Crippen molar-refractivity contribution in [3.05, 3.63) is 63.6 Å². The summed E-state index contributed by atoms with van der Waals surface area (Å²) < 4.78 is 5.29. The van der Waals surface area contributed by atoms with Gasteiger partial charge in [-0.2, -0.15) is 0 Å². The van der Waals surface area contributed by atoms with E-state index >= 15 is 0 Å². The largest absolute Gasteiger partial charge is 0.497 e. The number of hydrogen-bond donors (Lipinski definition) is 1. The molecule has 0 unspecified atom stereocenters. The van der Waals surface area contributed by atoms with Crippen LogP contribution in [0.25, 0.3) is 0 Å². The van der Waals surface area contributed by atoms with Gasteiger partial charge in [-0.05, 0) is 48.2 Å². The molecular formula is C24H30Cl2N2O3S. The maximum Gasteiger partial charge on any atom is 0.242 e. The highest BCUT2D eigenvalue weighted by atomic mass is 35.5. The van der Waals surface area contributed by atoms with Crippen molar-refractivity contribution in [2.24, 2.45) is 5.92 Å². The van der Waals surface area contributed by atoms with Gasteiger partial charge in [0.2, 0.25) is 11.8 Å². The lowest BCUT2D eigenvalue weighted by Gasteiger charge is -2.29. The molecule has 0 aliphatic carbocycles. The number of halogens is 2. The van der Waals surface area contributed by atoms with E-state index in [4.69, 9.17) is 27.9 Å². The standard InChI is InChI=1S/C24H30Cl2N2O3S/c1-16(2)12-27-24(30)17(3)28(13-18-6-5-7-21(10-18)31-4)23(29)15-32-14-19-8-9-20(25)11-22(19)26/h5-11,16-17H,12-15H2,1-4H3,(H,27,30)/t17-/m1/s1. The van der Waals surface area contributed by atoms with Gasteiger partial charge < -0.3 is 15.0 Å². The van der Waals surface area contributed by atoms with Gasteiger partial charge in [-0.1, -0.05) is 55.2 Å². The summed E-state index contributed by atoms with van der Waals surface area (Å²) in [5.74, 6) is 1.55. The maximum atomic E-state index is 13.2. The van der Waals surface area contributed by atoms with Crippen LogP contribution in [0, 0.1) is 5.92 Å². The Morgan fingerprint density at radius 1 is 1.12 bits per heavy atom. The van der Waals surface area contributed by atoms with E-state index in [1.807, 2.05) is 44.2 Å². The first kappa shape index (κ1) is 26.4. The zero-order valence-corrected chi connectivity index (χ0v) is 21.2. The fourth-order valence-corrected chi connectivity index (χ4v) is 4.44. The third-order valence-electron chi connectivity index (χ3n) is 4.84. The molecule has 1 N–H and O–H groups in total. The van der Waals surface area contributed by atoms with Gasteiger partial charge in [0.1, 0.15) is 11.8 Å². The van der Waals surface area contributed by atoms with Crippen molar-refractivity contribution in [2.45, 2.75) is 39.1 Å². The summed E-state index contributed by atoms with van der Waals surface area (Å²) in [5.41, 5.74) is 1.81. The molecule has 1 atom stereocenters. The highest BCUT2D eigenvalue weighted by Gasteiger charge is 2.26. The lowest BCUT2D eigenvalue weighted by molar-refractivity contribution is -0.138. The Kier molecular flexibility index (Phi) is 10.7. The second-order valence-corrected chi connectivity index (χ2v) is 9.75. The molecule has 2 rings (SSSR count). The molecule has 5 nitrogen and oxygen atoms in total. The van der Waals surface area contributed by atoms with Gasteiger partial charge in [0.15, 0.2) is 0 Å². The van der Waals surface area contributed by atoms with Crippen molar-refractivity contribution in [3.63, 3.8) is 0 Å². The average Bonchev–Trinajstić information content (AvgIpc) is 2.76. The van der Waals surface area contributed by atoms with Crippen LogP contribution in [0.1, 0.15) is 31.9 Å². The van der Waals surface area contributed by atoms with Crippen LogP contribution in [-0.4, -0.2) is 42.2 Å². The molecule has 0 heterocycles. The second-order valence-electron chi connectivity index (χ2n) is 7.92. The summed E-state index contributed by atoms with van der Waals surface area (Å²) >= 11 is 13.6. The molecule has 174 valence electrons. The number of methoxy groups -OCH3 is 1. The molecule has 0 fully saturated rings. The van der Waals surface area contributed by atoms with Crippen LogP contribution >= 0.6 is 35.0 Å².